The average molecular weight is 224 g/mol. The fraction of sp³-hybridized carbons (Fsp3) is 0.857. The molecule has 1 aliphatic heterocycles. The predicted octanol–water partition coefficient (Wildman–Crippen LogP) is 3.26. The number of aliphatic hydroxyl groups is 1. The van der Waals surface area contributed by atoms with Gasteiger partial charge in [-0.05, 0) is 31.3 Å². The van der Waals surface area contributed by atoms with Gasteiger partial charge in [0.2, 0.25) is 0 Å². The summed E-state index contributed by atoms with van der Waals surface area (Å²) in [5, 5.41) is 10.6. The van der Waals surface area contributed by atoms with Crippen molar-refractivity contribution in [1.29, 1.82) is 0 Å². The molecule has 1 saturated carbocycles. The maximum atomic E-state index is 10.6. The summed E-state index contributed by atoms with van der Waals surface area (Å²) in [4.78, 5) is 0. The van der Waals surface area contributed by atoms with Crippen molar-refractivity contribution in [3.8, 4) is 0 Å². The molecule has 0 aromatic carbocycles. The topological polar surface area (TPSA) is 29.5 Å². The van der Waals surface area contributed by atoms with Gasteiger partial charge in [0, 0.05) is 11.8 Å². The van der Waals surface area contributed by atoms with E-state index < -0.39 is 0 Å². The molecule has 1 aliphatic carbocycles. The van der Waals surface area contributed by atoms with Crippen LogP contribution >= 0.6 is 0 Å². The summed E-state index contributed by atoms with van der Waals surface area (Å²) in [6, 6.07) is 0. The summed E-state index contributed by atoms with van der Waals surface area (Å²) in [5.41, 5.74) is 0.102. The molecule has 0 radical (unpaired) electrons. The highest BCUT2D eigenvalue weighted by atomic mass is 16.5. The molecule has 2 aliphatic rings. The Morgan fingerprint density at radius 1 is 1.38 bits per heavy atom. The molecule has 0 spiro atoms. The van der Waals surface area contributed by atoms with Crippen molar-refractivity contribution in [3.63, 3.8) is 0 Å². The van der Waals surface area contributed by atoms with E-state index in [2.05, 4.69) is 19.9 Å². The number of hydrogen-bond donors (Lipinski definition) is 1. The maximum absolute atomic E-state index is 10.6. The normalized spacial score (nSPS) is 25.6. The predicted molar refractivity (Wildman–Crippen MR) is 65.0 cm³/mol. The second kappa shape index (κ2) is 4.79. The zero-order valence-corrected chi connectivity index (χ0v) is 10.5. The summed E-state index contributed by atoms with van der Waals surface area (Å²) in [5.74, 6) is 1.50. The van der Waals surface area contributed by atoms with Gasteiger partial charge in [-0.3, -0.25) is 0 Å². The minimum Gasteiger partial charge on any atom is -0.495 e. The summed E-state index contributed by atoms with van der Waals surface area (Å²) < 4.78 is 5.54. The Hall–Kier alpha value is -0.500. The third kappa shape index (κ3) is 2.27. The first kappa shape index (κ1) is 12.0. The molecule has 0 amide bonds. The monoisotopic (exact) mass is 224 g/mol. The van der Waals surface area contributed by atoms with E-state index in [1.165, 1.54) is 12.8 Å². The van der Waals surface area contributed by atoms with Crippen molar-refractivity contribution in [2.45, 2.75) is 58.5 Å². The smallest absolute Gasteiger partial charge is 0.121 e. The third-order valence-electron chi connectivity index (χ3n) is 4.00. The summed E-state index contributed by atoms with van der Waals surface area (Å²) >= 11 is 0. The third-order valence-corrected chi connectivity index (χ3v) is 4.00. The Bertz CT molecular complexity index is 262. The lowest BCUT2D eigenvalue weighted by Crippen LogP contribution is -2.35. The van der Waals surface area contributed by atoms with E-state index in [1.807, 2.05) is 0 Å². The van der Waals surface area contributed by atoms with Crippen molar-refractivity contribution in [2.75, 3.05) is 6.61 Å². The van der Waals surface area contributed by atoms with E-state index in [4.69, 9.17) is 4.74 Å². The first-order valence-corrected chi connectivity index (χ1v) is 6.65. The van der Waals surface area contributed by atoms with Crippen LogP contribution in [0.15, 0.2) is 11.8 Å². The van der Waals surface area contributed by atoms with Crippen LogP contribution in [0.1, 0.15) is 52.4 Å². The van der Waals surface area contributed by atoms with Crippen molar-refractivity contribution in [1.82, 2.24) is 0 Å². The van der Waals surface area contributed by atoms with Crippen molar-refractivity contribution >= 4 is 0 Å². The van der Waals surface area contributed by atoms with E-state index in [0.717, 1.165) is 38.0 Å². The molecule has 16 heavy (non-hydrogen) atoms. The second-order valence-electron chi connectivity index (χ2n) is 5.81. The van der Waals surface area contributed by atoms with E-state index in [0.29, 0.717) is 5.92 Å². The Labute approximate surface area is 98.7 Å². The van der Waals surface area contributed by atoms with Gasteiger partial charge in [-0.2, -0.15) is 0 Å². The van der Waals surface area contributed by atoms with Gasteiger partial charge in [0.05, 0.1) is 6.61 Å². The van der Waals surface area contributed by atoms with E-state index in [-0.39, 0.29) is 11.5 Å². The molecule has 1 unspecified atom stereocenters. The maximum Gasteiger partial charge on any atom is 0.121 e. The fourth-order valence-corrected chi connectivity index (χ4v) is 3.41. The summed E-state index contributed by atoms with van der Waals surface area (Å²) in [7, 11) is 0. The number of aliphatic hydroxyl groups excluding tert-OH is 1. The molecule has 1 heterocycles. The minimum atomic E-state index is -0.361. The van der Waals surface area contributed by atoms with Gasteiger partial charge in [-0.15, -0.1) is 0 Å². The molecule has 1 atom stereocenters. The molecule has 0 aromatic rings. The van der Waals surface area contributed by atoms with Gasteiger partial charge in [-0.25, -0.2) is 0 Å². The first-order chi connectivity index (χ1) is 7.64. The fourth-order valence-electron chi connectivity index (χ4n) is 3.41. The second-order valence-corrected chi connectivity index (χ2v) is 5.81. The molecule has 2 heteroatoms. The highest BCUT2D eigenvalue weighted by molar-refractivity contribution is 5.11. The van der Waals surface area contributed by atoms with Crippen LogP contribution in [0.5, 0.6) is 0 Å². The lowest BCUT2D eigenvalue weighted by atomic mass is 9.73. The molecular weight excluding hydrogens is 200 g/mol. The van der Waals surface area contributed by atoms with E-state index in [9.17, 15) is 5.11 Å². The zero-order valence-electron chi connectivity index (χ0n) is 10.5. The highest BCUT2D eigenvalue weighted by Gasteiger charge is 2.43. The minimum absolute atomic E-state index is 0.102. The molecule has 2 nitrogen and oxygen atoms in total. The standard InChI is InChI=1S/C14H24O2/c1-11(2)10-14(7-3-4-8-14)13(15)12-6-5-9-16-12/h6,11,13,15H,3-5,7-10H2,1-2H3. The zero-order chi connectivity index (χ0) is 11.6. The lowest BCUT2D eigenvalue weighted by molar-refractivity contribution is 0.00123. The van der Waals surface area contributed by atoms with Crippen LogP contribution in [0.3, 0.4) is 0 Å². The molecule has 0 saturated heterocycles. The van der Waals surface area contributed by atoms with Crippen LogP contribution in [0, 0.1) is 11.3 Å². The van der Waals surface area contributed by atoms with Crippen LogP contribution in [0.2, 0.25) is 0 Å². The summed E-state index contributed by atoms with van der Waals surface area (Å²) in [6.07, 6.45) is 8.64. The number of rotatable bonds is 4. The Morgan fingerprint density at radius 3 is 2.56 bits per heavy atom. The van der Waals surface area contributed by atoms with Crippen LogP contribution in [0.25, 0.3) is 0 Å². The molecule has 0 aromatic heterocycles. The number of hydrogen-bond acceptors (Lipinski definition) is 2. The number of ether oxygens (including phenoxy) is 1. The summed E-state index contributed by atoms with van der Waals surface area (Å²) in [6.45, 7) is 5.25. The molecule has 2 rings (SSSR count). The Balaban J connectivity index is 2.11. The van der Waals surface area contributed by atoms with Crippen molar-refractivity contribution < 1.29 is 9.84 Å². The average Bonchev–Trinajstić information content (AvgIpc) is 2.85. The van der Waals surface area contributed by atoms with Gasteiger partial charge in [0.25, 0.3) is 0 Å². The van der Waals surface area contributed by atoms with Crippen LogP contribution < -0.4 is 0 Å². The van der Waals surface area contributed by atoms with E-state index in [1.54, 1.807) is 0 Å². The molecule has 0 bridgehead atoms. The van der Waals surface area contributed by atoms with Gasteiger partial charge in [0.15, 0.2) is 0 Å². The van der Waals surface area contributed by atoms with Crippen LogP contribution in [-0.2, 0) is 4.74 Å². The molecule has 1 fully saturated rings. The van der Waals surface area contributed by atoms with Crippen LogP contribution in [-0.4, -0.2) is 17.8 Å². The Kier molecular flexibility index (Phi) is 3.58. The molecule has 1 N–H and O–H groups in total. The van der Waals surface area contributed by atoms with Gasteiger partial charge >= 0.3 is 0 Å². The van der Waals surface area contributed by atoms with Gasteiger partial charge in [0.1, 0.15) is 11.9 Å². The van der Waals surface area contributed by atoms with Crippen LogP contribution in [0.4, 0.5) is 0 Å². The van der Waals surface area contributed by atoms with E-state index >= 15 is 0 Å². The van der Waals surface area contributed by atoms with Gasteiger partial charge in [-0.1, -0.05) is 26.7 Å². The first-order valence-electron chi connectivity index (χ1n) is 6.65. The van der Waals surface area contributed by atoms with Crippen molar-refractivity contribution in [3.05, 3.63) is 11.8 Å². The molecular formula is C14H24O2. The SMILES string of the molecule is CC(C)CC1(C(O)C2=CCCO2)CCCC1. The quantitative estimate of drug-likeness (QED) is 0.794. The van der Waals surface area contributed by atoms with Gasteiger partial charge < -0.3 is 9.84 Å². The highest BCUT2D eigenvalue weighted by Crippen LogP contribution is 2.48. The lowest BCUT2D eigenvalue weighted by Gasteiger charge is -2.36. The Morgan fingerprint density at radius 2 is 2.06 bits per heavy atom. The van der Waals surface area contributed by atoms with Crippen molar-refractivity contribution in [2.24, 2.45) is 11.3 Å². The largest absolute Gasteiger partial charge is 0.495 e. The molecule has 92 valence electrons.